The first-order chi connectivity index (χ1) is 68.2. The van der Waals surface area contributed by atoms with Gasteiger partial charge in [0.25, 0.3) is 6.33 Å². The van der Waals surface area contributed by atoms with Gasteiger partial charge < -0.3 is 13.9 Å². The van der Waals surface area contributed by atoms with Gasteiger partial charge in [-0.05, 0) is 173 Å². The van der Waals surface area contributed by atoms with Crippen molar-refractivity contribution in [3.8, 4) is 95.5 Å². The molecule has 3 heterocycles. The number of hydrogen-bond donors (Lipinski definition) is 0. The third-order valence-corrected chi connectivity index (χ3v) is 20.5. The summed E-state index contributed by atoms with van der Waals surface area (Å²) in [6, 6.07) is -17.5. The van der Waals surface area contributed by atoms with Gasteiger partial charge in [-0.15, -0.1) is 29.7 Å². The summed E-state index contributed by atoms with van der Waals surface area (Å²) in [5.74, 6) is -0.630. The number of pyridine rings is 1. The maximum atomic E-state index is 11.1. The zero-order valence-corrected chi connectivity index (χ0v) is 54.3. The van der Waals surface area contributed by atoms with Gasteiger partial charge in [-0.25, -0.2) is 4.98 Å². The molecule has 14 aromatic carbocycles. The molecule has 0 aliphatic carbocycles. The summed E-state index contributed by atoms with van der Waals surface area (Å²) in [6.07, 6.45) is 4.19. The summed E-state index contributed by atoms with van der Waals surface area (Å²) < 4.78 is 455. The number of nitrogens with zero attached hydrogens (tertiary/aromatic N) is 4. The fourth-order valence-electron chi connectivity index (χ4n) is 12.1. The fourth-order valence-corrected chi connectivity index (χ4v) is 16.2. The van der Waals surface area contributed by atoms with E-state index in [-0.39, 0.29) is 60.7 Å². The molecule has 17 aromatic rings. The molecule has 17 rings (SSSR count). The smallest absolute Gasteiger partial charge is 0.268 e. The molecule has 0 fully saturated rings. The molecule has 0 bridgehead atoms. The van der Waals surface area contributed by atoms with Crippen molar-refractivity contribution in [3.63, 3.8) is 0 Å². The molecule has 0 amide bonds. The largest absolute Gasteiger partial charge is 0.510 e. The Bertz CT molecular complexity index is 8170. The molecule has 7 heteroatoms. The Morgan fingerprint density at radius 2 is 0.970 bits per heavy atom. The summed E-state index contributed by atoms with van der Waals surface area (Å²) >= 11 is 0. The van der Waals surface area contributed by atoms with Gasteiger partial charge in [0.05, 0.1) is 68.8 Å². The van der Waals surface area contributed by atoms with Gasteiger partial charge in [-0.2, -0.15) is 18.2 Å². The normalized spacial score (nSPS) is 18.5. The number of para-hydroxylation sites is 1. The summed E-state index contributed by atoms with van der Waals surface area (Å²) in [5.41, 5.74) is -14.3. The van der Waals surface area contributed by atoms with E-state index in [1.807, 2.05) is 0 Å². The van der Waals surface area contributed by atoms with Crippen molar-refractivity contribution < 1.29 is 94.8 Å². The quantitative estimate of drug-likeness (QED) is 0.0444. The second-order valence-electron chi connectivity index (χ2n) is 21.9. The molecule has 100 heavy (non-hydrogen) atoms. The van der Waals surface area contributed by atoms with Crippen molar-refractivity contribution in [1.82, 2.24) is 14.1 Å². The number of benzene rings is 14. The minimum atomic E-state index is -7.19. The van der Waals surface area contributed by atoms with Crippen LogP contribution in [0.3, 0.4) is 0 Å². The van der Waals surface area contributed by atoms with Gasteiger partial charge in [-0.1, -0.05) is 272 Å². The van der Waals surface area contributed by atoms with Crippen LogP contribution < -0.4 is 30.1 Å². The number of ether oxygens (including phenoxy) is 1. The van der Waals surface area contributed by atoms with Crippen molar-refractivity contribution >= 4 is 61.7 Å². The summed E-state index contributed by atoms with van der Waals surface area (Å²) in [6.45, 7) is -9.52. The van der Waals surface area contributed by atoms with Crippen molar-refractivity contribution in [1.29, 1.82) is 0 Å². The Morgan fingerprint density at radius 3 is 1.57 bits per heavy atom. The maximum Gasteiger partial charge on any atom is 0.268 e. The number of aryl methyl sites for hydroxylation is 3. The molecule has 0 aliphatic rings. The van der Waals surface area contributed by atoms with Crippen LogP contribution in [0, 0.1) is 39.0 Å². The fraction of sp³-hybridized carbons (Fsp3) is 0.0323. The molecular weight excluding hydrogens is 1410 g/mol. The van der Waals surface area contributed by atoms with E-state index in [9.17, 15) is 35.6 Å². The van der Waals surface area contributed by atoms with Crippen molar-refractivity contribution in [2.75, 3.05) is 0 Å². The molecule has 0 aliphatic heterocycles. The van der Waals surface area contributed by atoms with Crippen LogP contribution in [0.1, 0.15) is 81.1 Å². The molecule has 0 N–H and O–H groups in total. The Kier molecular flexibility index (Phi) is 8.00. The molecule has 0 unspecified atom stereocenters. The summed E-state index contributed by atoms with van der Waals surface area (Å²) in [5, 5.41) is -4.26. The predicted molar refractivity (Wildman–Crippen MR) is 410 cm³/mol. The molecule has 0 saturated heterocycles. The Labute approximate surface area is 665 Å². The third-order valence-electron chi connectivity index (χ3n) is 16.3. The van der Waals surface area contributed by atoms with E-state index in [2.05, 4.69) is 23.4 Å². The Balaban J connectivity index is 0.0000154. The van der Waals surface area contributed by atoms with Crippen molar-refractivity contribution in [2.45, 2.75) is 20.6 Å². The molecule has 480 valence electrons. The molecular formula is C93H66N4OPtSi-2. The first-order valence-corrected chi connectivity index (χ1v) is 31.9. The minimum absolute atomic E-state index is 0. The van der Waals surface area contributed by atoms with E-state index in [4.69, 9.17) is 33.5 Å². The molecule has 0 radical (unpaired) electrons. The molecule has 0 saturated carbocycles. The molecule has 5 nitrogen and oxygen atoms in total. The molecule has 0 atom stereocenters. The van der Waals surface area contributed by atoms with E-state index in [1.165, 1.54) is 28.8 Å². The second kappa shape index (κ2) is 26.9. The number of rotatable bonds is 15. The van der Waals surface area contributed by atoms with Gasteiger partial charge in [0.1, 0.15) is 5.82 Å². The first kappa shape index (κ1) is 29.7. The van der Waals surface area contributed by atoms with Crippen LogP contribution in [0.15, 0.2) is 345 Å². The molecule has 0 spiro atoms. The zero-order chi connectivity index (χ0) is 107. The van der Waals surface area contributed by atoms with E-state index in [1.54, 1.807) is 30.3 Å². The van der Waals surface area contributed by atoms with Crippen LogP contribution in [-0.4, -0.2) is 22.2 Å². The SMILES string of the molecule is [2H]c1c([2H])c([2H])c(-c2cc(-c3c([2H])c(-c4c([2H])c([2H])c([2H])c([2H])c4[2H])c([2H])c(-c4c([2H])c([2H])c([2H])c([2H])c4[2H])c3[2H])c(-[n+]3[c-]n(-c4[c-]c(Oc5[c-]c6c(cc5)c5ccccc5n6-c5cc(C([2H])([2H])[2H])c(-c6c([2H])c([2H])c([2H])c([2H])c6[2H])cn5)ccc4)c4cc(-c5c(C([2H])([2H])[2H])cccc5C([2H])([2H])[2H])ccc43)c([Si](c3c([2H])c([2H])c([2H])c([2H])c3[2H])(c3c([2H])c([2H])c([2H])c([2H])c3[2H])c3c([2H])c([2H])c([2H])c([2H])c3[2H])c2)c([2H])c1[2H].[Pt]. The van der Waals surface area contributed by atoms with Gasteiger partial charge in [0.15, 0.2) is 8.07 Å². The van der Waals surface area contributed by atoms with Crippen LogP contribution >= 0.6 is 0 Å². The Morgan fingerprint density at radius 1 is 0.430 bits per heavy atom. The first-order valence-electron chi connectivity index (χ1n) is 53.4. The van der Waals surface area contributed by atoms with Crippen LogP contribution in [0.4, 0.5) is 0 Å². The number of aromatic nitrogens is 4. The van der Waals surface area contributed by atoms with E-state index < -0.39 is 368 Å². The van der Waals surface area contributed by atoms with Crippen molar-refractivity contribution in [3.05, 3.63) is 380 Å². The monoisotopic (exact) mass is 1520 g/mol. The third kappa shape index (κ3) is 11.4. The zero-order valence-electron chi connectivity index (χ0n) is 98.0. The average molecular weight is 1530 g/mol. The molecule has 3 aromatic heterocycles. The van der Waals surface area contributed by atoms with E-state index in [0.29, 0.717) is 16.3 Å². The van der Waals surface area contributed by atoms with Crippen molar-refractivity contribution in [2.24, 2.45) is 0 Å². The van der Waals surface area contributed by atoms with Gasteiger partial charge in [0, 0.05) is 62.2 Å². The predicted octanol–water partition coefficient (Wildman–Crippen LogP) is 19.9. The maximum absolute atomic E-state index is 11.1. The average Bonchev–Trinajstić information content (AvgIpc) is 1.46. The standard InChI is InChI=1S/C93H66N4OSi.Pt/c1-64-29-27-30-65(2)92(64)71-49-52-87-89(58-71)95(76-39-28-40-77(60-76)98-78-50-51-83-82-47-25-26-48-86(82)97(88(83)61-78)91-53-66(3)85(62-94-91)70-37-17-7-18-38-70)63-96(87)93-84(75-55-72(67-31-11-4-12-32-67)54-73(56-75)68-33-13-5-14-34-68)57-74(69-35-15-6-16-36-69)59-90(93)99(79-41-19-8-20-42-79,80-43-21-9-22-44-80)81-45-23-10-24-46-81;/h4-59,62H,1-3H3;/q-2;/i1D3,2D3,3D3,4D,5D,6D,7D,8D,9D,10D,11D,12D,13D,14D,15D,16D,17D,18D,19D,20D,21D,22D,23D,24D,31D,32D,33D,34D,35D,36D,37D,38D,41D,42D,43D,44D,45D,46D,54D,55D,56D;. The Hall–Kier alpha value is -11.8. The topological polar surface area (TPSA) is 35.9 Å². The summed E-state index contributed by atoms with van der Waals surface area (Å²) in [7, 11) is -7.19. The van der Waals surface area contributed by atoms with Crippen LogP contribution in [-0.2, 0) is 21.1 Å². The minimum Gasteiger partial charge on any atom is -0.510 e. The van der Waals surface area contributed by atoms with Crippen LogP contribution in [0.25, 0.3) is 117 Å². The summed E-state index contributed by atoms with van der Waals surface area (Å²) in [4.78, 5) is 4.66. The second-order valence-corrected chi connectivity index (χ2v) is 25.4. The number of hydrogen-bond acceptors (Lipinski definition) is 2. The van der Waals surface area contributed by atoms with E-state index >= 15 is 0 Å². The van der Waals surface area contributed by atoms with Crippen LogP contribution in [0.2, 0.25) is 0 Å². The number of imidazole rings is 1. The van der Waals surface area contributed by atoms with Crippen LogP contribution in [0.5, 0.6) is 11.5 Å². The number of fused-ring (bicyclic) bond motifs is 4. The van der Waals surface area contributed by atoms with Gasteiger partial charge in [0.2, 0.25) is 0 Å². The van der Waals surface area contributed by atoms with E-state index in [0.717, 1.165) is 69.9 Å². The van der Waals surface area contributed by atoms with Gasteiger partial charge >= 0.3 is 0 Å². The van der Waals surface area contributed by atoms with Gasteiger partial charge in [-0.3, -0.25) is 4.57 Å².